The lowest BCUT2D eigenvalue weighted by Gasteiger charge is -2.32. The van der Waals surface area contributed by atoms with Crippen molar-refractivity contribution in [2.45, 2.75) is 39.5 Å². The predicted molar refractivity (Wildman–Crippen MR) is 100 cm³/mol. The van der Waals surface area contributed by atoms with Crippen LogP contribution in [0.25, 0.3) is 11.4 Å². The SMILES string of the molecule is CCCc1cc(N2CCC(CN)CC2)nc(-c2ccc(C)cc2)n1. The van der Waals surface area contributed by atoms with Crippen LogP contribution in [0.4, 0.5) is 5.82 Å². The zero-order valence-corrected chi connectivity index (χ0v) is 14.8. The Morgan fingerprint density at radius 3 is 2.46 bits per heavy atom. The second-order valence-electron chi connectivity index (χ2n) is 6.82. The van der Waals surface area contributed by atoms with Crippen molar-refractivity contribution in [2.75, 3.05) is 24.5 Å². The minimum absolute atomic E-state index is 0.662. The summed E-state index contributed by atoms with van der Waals surface area (Å²) in [5, 5.41) is 0. The van der Waals surface area contributed by atoms with Crippen LogP contribution in [0.3, 0.4) is 0 Å². The Balaban J connectivity index is 1.90. The number of nitrogens with two attached hydrogens (primary N) is 1. The molecule has 3 rings (SSSR count). The standard InChI is InChI=1S/C20H28N4/c1-3-4-18-13-19(24-11-9-16(14-21)10-12-24)23-20(22-18)17-7-5-15(2)6-8-17/h5-8,13,16H,3-4,9-12,14,21H2,1-2H3. The van der Waals surface area contributed by atoms with Crippen molar-refractivity contribution in [2.24, 2.45) is 11.7 Å². The Morgan fingerprint density at radius 1 is 1.12 bits per heavy atom. The van der Waals surface area contributed by atoms with Crippen LogP contribution in [0, 0.1) is 12.8 Å². The fourth-order valence-corrected chi connectivity index (χ4v) is 3.26. The van der Waals surface area contributed by atoms with E-state index in [0.29, 0.717) is 5.92 Å². The summed E-state index contributed by atoms with van der Waals surface area (Å²) in [5.74, 6) is 2.58. The molecular weight excluding hydrogens is 296 g/mol. The summed E-state index contributed by atoms with van der Waals surface area (Å²) in [5.41, 5.74) is 9.31. The Kier molecular flexibility index (Phi) is 5.46. The third-order valence-electron chi connectivity index (χ3n) is 4.85. The maximum absolute atomic E-state index is 5.82. The van der Waals surface area contributed by atoms with Gasteiger partial charge in [0.15, 0.2) is 5.82 Å². The van der Waals surface area contributed by atoms with Crippen LogP contribution in [0.2, 0.25) is 0 Å². The zero-order chi connectivity index (χ0) is 16.9. The van der Waals surface area contributed by atoms with Crippen molar-refractivity contribution in [3.63, 3.8) is 0 Å². The monoisotopic (exact) mass is 324 g/mol. The fraction of sp³-hybridized carbons (Fsp3) is 0.500. The molecule has 1 aliphatic rings. The van der Waals surface area contributed by atoms with Crippen molar-refractivity contribution in [3.8, 4) is 11.4 Å². The van der Waals surface area contributed by atoms with Crippen molar-refractivity contribution in [1.82, 2.24) is 9.97 Å². The van der Waals surface area contributed by atoms with Gasteiger partial charge in [0.2, 0.25) is 0 Å². The van der Waals surface area contributed by atoms with E-state index in [-0.39, 0.29) is 0 Å². The van der Waals surface area contributed by atoms with Crippen molar-refractivity contribution in [3.05, 3.63) is 41.6 Å². The lowest BCUT2D eigenvalue weighted by Crippen LogP contribution is -2.36. The normalized spacial score (nSPS) is 15.7. The minimum Gasteiger partial charge on any atom is -0.356 e. The van der Waals surface area contributed by atoms with Gasteiger partial charge in [-0.1, -0.05) is 43.2 Å². The number of aromatic nitrogens is 2. The zero-order valence-electron chi connectivity index (χ0n) is 14.8. The quantitative estimate of drug-likeness (QED) is 0.913. The van der Waals surface area contributed by atoms with Gasteiger partial charge < -0.3 is 10.6 Å². The van der Waals surface area contributed by atoms with Gasteiger partial charge in [-0.2, -0.15) is 0 Å². The molecule has 4 nitrogen and oxygen atoms in total. The number of aryl methyl sites for hydroxylation is 2. The Bertz CT molecular complexity index is 658. The molecule has 4 heteroatoms. The van der Waals surface area contributed by atoms with E-state index in [1.165, 1.54) is 5.56 Å². The third-order valence-corrected chi connectivity index (χ3v) is 4.85. The summed E-state index contributed by atoms with van der Waals surface area (Å²) in [6, 6.07) is 10.6. The Labute approximate surface area is 145 Å². The third kappa shape index (κ3) is 3.93. The highest BCUT2D eigenvalue weighted by Crippen LogP contribution is 2.25. The summed E-state index contributed by atoms with van der Waals surface area (Å²) in [6.07, 6.45) is 4.40. The molecule has 1 aliphatic heterocycles. The van der Waals surface area contributed by atoms with Gasteiger partial charge in [0.25, 0.3) is 0 Å². The molecule has 2 aromatic rings. The van der Waals surface area contributed by atoms with Crippen LogP contribution in [0.15, 0.2) is 30.3 Å². The first kappa shape index (κ1) is 16.9. The van der Waals surface area contributed by atoms with Gasteiger partial charge in [-0.15, -0.1) is 0 Å². The maximum atomic E-state index is 5.82. The van der Waals surface area contributed by atoms with E-state index in [4.69, 9.17) is 15.7 Å². The van der Waals surface area contributed by atoms with Gasteiger partial charge >= 0.3 is 0 Å². The van der Waals surface area contributed by atoms with E-state index in [1.54, 1.807) is 0 Å². The first-order valence-electron chi connectivity index (χ1n) is 9.09. The molecule has 24 heavy (non-hydrogen) atoms. The molecule has 2 heterocycles. The molecule has 0 saturated carbocycles. The Hall–Kier alpha value is -1.94. The minimum atomic E-state index is 0.662. The molecule has 128 valence electrons. The highest BCUT2D eigenvalue weighted by atomic mass is 15.2. The summed E-state index contributed by atoms with van der Waals surface area (Å²) >= 11 is 0. The number of hydrogen-bond acceptors (Lipinski definition) is 4. The molecular formula is C20H28N4. The summed E-state index contributed by atoms with van der Waals surface area (Å²) in [7, 11) is 0. The van der Waals surface area contributed by atoms with Gasteiger partial charge in [0, 0.05) is 30.4 Å². The van der Waals surface area contributed by atoms with Gasteiger partial charge in [-0.25, -0.2) is 9.97 Å². The maximum Gasteiger partial charge on any atom is 0.161 e. The van der Waals surface area contributed by atoms with Crippen LogP contribution in [0.5, 0.6) is 0 Å². The molecule has 0 spiro atoms. The summed E-state index contributed by atoms with van der Waals surface area (Å²) in [4.78, 5) is 12.1. The summed E-state index contributed by atoms with van der Waals surface area (Å²) < 4.78 is 0. The average Bonchev–Trinajstić information content (AvgIpc) is 2.62. The molecule has 1 aromatic heterocycles. The van der Waals surface area contributed by atoms with Crippen molar-refractivity contribution < 1.29 is 0 Å². The van der Waals surface area contributed by atoms with E-state index >= 15 is 0 Å². The number of hydrogen-bond donors (Lipinski definition) is 1. The van der Waals surface area contributed by atoms with E-state index in [0.717, 1.165) is 68.2 Å². The average molecular weight is 324 g/mol. The van der Waals surface area contributed by atoms with E-state index in [1.807, 2.05) is 0 Å². The molecule has 1 fully saturated rings. The van der Waals surface area contributed by atoms with Crippen molar-refractivity contribution in [1.29, 1.82) is 0 Å². The second kappa shape index (κ2) is 7.75. The number of nitrogens with zero attached hydrogens (tertiary/aromatic N) is 3. The molecule has 0 amide bonds. The highest BCUT2D eigenvalue weighted by Gasteiger charge is 2.20. The van der Waals surface area contributed by atoms with E-state index in [2.05, 4.69) is 49.1 Å². The molecule has 0 radical (unpaired) electrons. The lowest BCUT2D eigenvalue weighted by atomic mass is 9.97. The number of rotatable bonds is 5. The van der Waals surface area contributed by atoms with Crippen LogP contribution in [-0.2, 0) is 6.42 Å². The predicted octanol–water partition coefficient (Wildman–Crippen LogP) is 3.58. The number of benzene rings is 1. The number of anilines is 1. The summed E-state index contributed by atoms with van der Waals surface area (Å²) in [6.45, 7) is 7.17. The first-order chi connectivity index (χ1) is 11.7. The van der Waals surface area contributed by atoms with Crippen LogP contribution in [-0.4, -0.2) is 29.6 Å². The van der Waals surface area contributed by atoms with Crippen LogP contribution < -0.4 is 10.6 Å². The van der Waals surface area contributed by atoms with Gasteiger partial charge in [0.1, 0.15) is 5.82 Å². The topological polar surface area (TPSA) is 55.0 Å². The van der Waals surface area contributed by atoms with Crippen LogP contribution >= 0.6 is 0 Å². The molecule has 0 aliphatic carbocycles. The Morgan fingerprint density at radius 2 is 1.83 bits per heavy atom. The highest BCUT2D eigenvalue weighted by molar-refractivity contribution is 5.58. The van der Waals surface area contributed by atoms with Gasteiger partial charge in [-0.3, -0.25) is 0 Å². The van der Waals surface area contributed by atoms with E-state index in [9.17, 15) is 0 Å². The van der Waals surface area contributed by atoms with Gasteiger partial charge in [-0.05, 0) is 38.6 Å². The van der Waals surface area contributed by atoms with E-state index < -0.39 is 0 Å². The molecule has 0 atom stereocenters. The lowest BCUT2D eigenvalue weighted by molar-refractivity contribution is 0.413. The second-order valence-corrected chi connectivity index (χ2v) is 6.82. The smallest absolute Gasteiger partial charge is 0.161 e. The fourth-order valence-electron chi connectivity index (χ4n) is 3.26. The molecule has 1 aromatic carbocycles. The first-order valence-corrected chi connectivity index (χ1v) is 9.09. The van der Waals surface area contributed by atoms with Gasteiger partial charge in [0.05, 0.1) is 0 Å². The molecule has 0 unspecified atom stereocenters. The molecule has 0 bridgehead atoms. The largest absolute Gasteiger partial charge is 0.356 e. The number of piperidine rings is 1. The molecule has 1 saturated heterocycles. The molecule has 2 N–H and O–H groups in total. The van der Waals surface area contributed by atoms with Crippen molar-refractivity contribution >= 4 is 5.82 Å². The van der Waals surface area contributed by atoms with Crippen LogP contribution in [0.1, 0.15) is 37.4 Å².